The second-order valence-corrected chi connectivity index (χ2v) is 5.29. The summed E-state index contributed by atoms with van der Waals surface area (Å²) in [4.78, 5) is 4.41. The Balaban J connectivity index is 2.34. The lowest BCUT2D eigenvalue weighted by Gasteiger charge is -2.09. The lowest BCUT2D eigenvalue weighted by molar-refractivity contribution is 0.616. The fraction of sp³-hybridized carbons (Fsp3) is 0.133. The second-order valence-electron chi connectivity index (χ2n) is 4.58. The maximum Gasteiger partial charge on any atom is 0.147 e. The van der Waals surface area contributed by atoms with E-state index >= 15 is 0 Å². The molecule has 102 valence electrons. The molecule has 0 unspecified atom stereocenters. The molecule has 1 aromatic heterocycles. The zero-order chi connectivity index (χ0) is 14.3. The molecule has 0 bridgehead atoms. The Labute approximate surface area is 125 Å². The number of aryl methyl sites for hydroxylation is 1. The van der Waals surface area contributed by atoms with Gasteiger partial charge in [-0.15, -0.1) is 11.6 Å². The van der Waals surface area contributed by atoms with Gasteiger partial charge in [0, 0.05) is 5.02 Å². The predicted octanol–water partition coefficient (Wildman–Crippen LogP) is 4.87. The van der Waals surface area contributed by atoms with Crippen LogP contribution in [-0.2, 0) is 5.88 Å². The van der Waals surface area contributed by atoms with Gasteiger partial charge in [0.05, 0.1) is 22.6 Å². The molecule has 0 saturated carbocycles. The molecule has 0 N–H and O–H groups in total. The second kappa shape index (κ2) is 5.08. The molecular formula is C15H11Cl2FN2. The van der Waals surface area contributed by atoms with Crippen LogP contribution in [0, 0.1) is 12.7 Å². The van der Waals surface area contributed by atoms with E-state index in [1.807, 2.05) is 19.1 Å². The highest BCUT2D eigenvalue weighted by Crippen LogP contribution is 2.26. The van der Waals surface area contributed by atoms with Crippen molar-refractivity contribution < 1.29 is 4.39 Å². The monoisotopic (exact) mass is 308 g/mol. The maximum absolute atomic E-state index is 14.2. The first-order valence-electron chi connectivity index (χ1n) is 6.09. The number of alkyl halides is 1. The van der Waals surface area contributed by atoms with Crippen molar-refractivity contribution in [3.05, 3.63) is 58.6 Å². The first-order valence-corrected chi connectivity index (χ1v) is 7.01. The minimum Gasteiger partial charge on any atom is -0.292 e. The number of imidazole rings is 1. The van der Waals surface area contributed by atoms with Gasteiger partial charge < -0.3 is 0 Å². The van der Waals surface area contributed by atoms with Gasteiger partial charge in [-0.3, -0.25) is 4.57 Å². The van der Waals surface area contributed by atoms with Gasteiger partial charge >= 0.3 is 0 Å². The number of halogens is 3. The largest absolute Gasteiger partial charge is 0.292 e. The SMILES string of the molecule is Cc1ccc(-n2c(CCl)nc3cc(Cl)ccc32)c(F)c1. The number of fused-ring (bicyclic) bond motifs is 1. The van der Waals surface area contributed by atoms with E-state index in [2.05, 4.69) is 4.98 Å². The summed E-state index contributed by atoms with van der Waals surface area (Å²) in [5, 5.41) is 0.590. The Morgan fingerprint density at radius 1 is 1.20 bits per heavy atom. The zero-order valence-corrected chi connectivity index (χ0v) is 12.2. The summed E-state index contributed by atoms with van der Waals surface area (Å²) in [6.07, 6.45) is 0. The molecule has 3 rings (SSSR count). The maximum atomic E-state index is 14.2. The van der Waals surface area contributed by atoms with Crippen LogP contribution in [0.4, 0.5) is 4.39 Å². The van der Waals surface area contributed by atoms with Crippen molar-refractivity contribution in [3.63, 3.8) is 0 Å². The van der Waals surface area contributed by atoms with Crippen molar-refractivity contribution >= 4 is 34.2 Å². The Bertz CT molecular complexity index is 796. The van der Waals surface area contributed by atoms with Crippen LogP contribution in [0.1, 0.15) is 11.4 Å². The number of nitrogens with zero attached hydrogens (tertiary/aromatic N) is 2. The third-order valence-electron chi connectivity index (χ3n) is 3.15. The van der Waals surface area contributed by atoms with E-state index in [-0.39, 0.29) is 11.7 Å². The zero-order valence-electron chi connectivity index (χ0n) is 10.7. The van der Waals surface area contributed by atoms with E-state index in [9.17, 15) is 4.39 Å². The molecule has 0 fully saturated rings. The fourth-order valence-corrected chi connectivity index (χ4v) is 2.60. The molecule has 0 amide bonds. The van der Waals surface area contributed by atoms with E-state index in [0.29, 0.717) is 22.1 Å². The summed E-state index contributed by atoms with van der Waals surface area (Å²) >= 11 is 11.9. The number of hydrogen-bond acceptors (Lipinski definition) is 1. The lowest BCUT2D eigenvalue weighted by atomic mass is 10.2. The normalized spacial score (nSPS) is 11.2. The average Bonchev–Trinajstić information content (AvgIpc) is 2.76. The van der Waals surface area contributed by atoms with Crippen LogP contribution < -0.4 is 0 Å². The van der Waals surface area contributed by atoms with Crippen LogP contribution in [0.5, 0.6) is 0 Å². The predicted molar refractivity (Wildman–Crippen MR) is 80.3 cm³/mol. The molecule has 5 heteroatoms. The third-order valence-corrected chi connectivity index (χ3v) is 3.62. The molecule has 2 aromatic carbocycles. The Kier molecular flexibility index (Phi) is 3.40. The molecule has 0 aliphatic carbocycles. The highest BCUT2D eigenvalue weighted by atomic mass is 35.5. The van der Waals surface area contributed by atoms with Gasteiger partial charge in [0.1, 0.15) is 11.6 Å². The molecule has 0 atom stereocenters. The van der Waals surface area contributed by atoms with Gasteiger partial charge in [0.2, 0.25) is 0 Å². The van der Waals surface area contributed by atoms with E-state index < -0.39 is 0 Å². The summed E-state index contributed by atoms with van der Waals surface area (Å²) in [5.74, 6) is 0.483. The van der Waals surface area contributed by atoms with Crippen molar-refractivity contribution in [1.29, 1.82) is 0 Å². The third kappa shape index (κ3) is 2.17. The molecule has 0 spiro atoms. The average molecular weight is 309 g/mol. The highest BCUT2D eigenvalue weighted by molar-refractivity contribution is 6.31. The van der Waals surface area contributed by atoms with Crippen molar-refractivity contribution in [2.75, 3.05) is 0 Å². The minimum absolute atomic E-state index is 0.194. The van der Waals surface area contributed by atoms with Crippen molar-refractivity contribution in [2.45, 2.75) is 12.8 Å². The molecule has 1 heterocycles. The summed E-state index contributed by atoms with van der Waals surface area (Å²) < 4.78 is 15.9. The van der Waals surface area contributed by atoms with E-state index in [1.54, 1.807) is 22.8 Å². The van der Waals surface area contributed by atoms with Gasteiger partial charge in [0.15, 0.2) is 0 Å². The molecule has 2 nitrogen and oxygen atoms in total. The topological polar surface area (TPSA) is 17.8 Å². The Hall–Kier alpha value is -1.58. The van der Waals surface area contributed by atoms with Crippen LogP contribution in [0.2, 0.25) is 5.02 Å². The lowest BCUT2D eigenvalue weighted by Crippen LogP contribution is -2.02. The Morgan fingerprint density at radius 2 is 2.00 bits per heavy atom. The number of benzene rings is 2. The van der Waals surface area contributed by atoms with Crippen molar-refractivity contribution in [1.82, 2.24) is 9.55 Å². The smallest absolute Gasteiger partial charge is 0.147 e. The summed E-state index contributed by atoms with van der Waals surface area (Å²) in [6.45, 7) is 1.85. The van der Waals surface area contributed by atoms with E-state index in [4.69, 9.17) is 23.2 Å². The summed E-state index contributed by atoms with van der Waals surface area (Å²) in [7, 11) is 0. The van der Waals surface area contributed by atoms with E-state index in [0.717, 1.165) is 11.1 Å². The summed E-state index contributed by atoms with van der Waals surface area (Å²) in [5.41, 5.74) is 2.79. The minimum atomic E-state index is -0.300. The molecule has 20 heavy (non-hydrogen) atoms. The standard InChI is InChI=1S/C15H11Cl2FN2/c1-9-2-4-13(11(18)6-9)20-14-5-3-10(17)7-12(14)19-15(20)8-16/h2-7H,8H2,1H3. The quantitative estimate of drug-likeness (QED) is 0.618. The highest BCUT2D eigenvalue weighted by Gasteiger charge is 2.15. The van der Waals surface area contributed by atoms with Crippen LogP contribution in [0.15, 0.2) is 36.4 Å². The van der Waals surface area contributed by atoms with Gasteiger partial charge in [-0.05, 0) is 42.8 Å². The van der Waals surface area contributed by atoms with Crippen LogP contribution in [-0.4, -0.2) is 9.55 Å². The van der Waals surface area contributed by atoms with Crippen LogP contribution in [0.3, 0.4) is 0 Å². The van der Waals surface area contributed by atoms with E-state index in [1.165, 1.54) is 6.07 Å². The fourth-order valence-electron chi connectivity index (χ4n) is 2.26. The van der Waals surface area contributed by atoms with Gasteiger partial charge in [-0.2, -0.15) is 0 Å². The first kappa shape index (κ1) is 13.4. The van der Waals surface area contributed by atoms with Gasteiger partial charge in [0.25, 0.3) is 0 Å². The van der Waals surface area contributed by atoms with Crippen LogP contribution in [0.25, 0.3) is 16.7 Å². The molecule has 3 aromatic rings. The van der Waals surface area contributed by atoms with Crippen molar-refractivity contribution in [2.24, 2.45) is 0 Å². The molecular weight excluding hydrogens is 298 g/mol. The first-order chi connectivity index (χ1) is 9.60. The van der Waals surface area contributed by atoms with Crippen LogP contribution >= 0.6 is 23.2 Å². The van der Waals surface area contributed by atoms with Gasteiger partial charge in [-0.25, -0.2) is 9.37 Å². The van der Waals surface area contributed by atoms with Gasteiger partial charge in [-0.1, -0.05) is 17.7 Å². The number of rotatable bonds is 2. The molecule has 0 saturated heterocycles. The summed E-state index contributed by atoms with van der Waals surface area (Å²) in [6, 6.07) is 10.4. The number of hydrogen-bond donors (Lipinski definition) is 0. The molecule has 0 aliphatic heterocycles. The Morgan fingerprint density at radius 3 is 2.70 bits per heavy atom. The molecule has 0 aliphatic rings. The molecule has 0 radical (unpaired) electrons. The van der Waals surface area contributed by atoms with Crippen molar-refractivity contribution in [3.8, 4) is 5.69 Å². The number of aromatic nitrogens is 2.